The van der Waals surface area contributed by atoms with Crippen LogP contribution in [0.15, 0.2) is 0 Å². The fraction of sp³-hybridized carbons (Fsp3) is 0.923. The molecule has 0 heterocycles. The van der Waals surface area contributed by atoms with Crippen molar-refractivity contribution in [2.45, 2.75) is 45.7 Å². The van der Waals surface area contributed by atoms with Crippen LogP contribution in [0.4, 0.5) is 13.2 Å². The van der Waals surface area contributed by atoms with Crippen molar-refractivity contribution in [3.05, 3.63) is 0 Å². The van der Waals surface area contributed by atoms with Gasteiger partial charge in [-0.15, -0.1) is 0 Å². The summed E-state index contributed by atoms with van der Waals surface area (Å²) in [6.07, 6.45) is -1.61. The molecule has 1 aliphatic carbocycles. The van der Waals surface area contributed by atoms with Crippen LogP contribution >= 0.6 is 0 Å². The van der Waals surface area contributed by atoms with Crippen molar-refractivity contribution in [2.24, 2.45) is 11.3 Å². The van der Waals surface area contributed by atoms with E-state index in [2.05, 4.69) is 0 Å². The van der Waals surface area contributed by atoms with Gasteiger partial charge in [0.05, 0.1) is 12.0 Å². The minimum Gasteiger partial charge on any atom is -0.481 e. The Bertz CT molecular complexity index is 320. The summed E-state index contributed by atoms with van der Waals surface area (Å²) in [5.74, 6) is -0.700. The van der Waals surface area contributed by atoms with Crippen LogP contribution in [0.2, 0.25) is 0 Å². The van der Waals surface area contributed by atoms with E-state index in [-0.39, 0.29) is 19.0 Å². The maximum absolute atomic E-state index is 12.5. The molecule has 1 aliphatic rings. The summed E-state index contributed by atoms with van der Waals surface area (Å²) >= 11 is 0. The molecule has 0 saturated heterocycles. The van der Waals surface area contributed by atoms with E-state index in [0.717, 1.165) is 12.8 Å². The van der Waals surface area contributed by atoms with Gasteiger partial charge >= 0.3 is 12.1 Å². The van der Waals surface area contributed by atoms with Crippen molar-refractivity contribution < 1.29 is 23.1 Å². The molecule has 2 unspecified atom stereocenters. The second kappa shape index (κ2) is 6.11. The Balaban J connectivity index is 2.79. The van der Waals surface area contributed by atoms with Crippen LogP contribution in [-0.2, 0) is 4.79 Å². The predicted molar refractivity (Wildman–Crippen MR) is 65.9 cm³/mol. The van der Waals surface area contributed by atoms with E-state index in [1.807, 2.05) is 6.92 Å². The first-order valence-corrected chi connectivity index (χ1v) is 6.71. The molecule has 19 heavy (non-hydrogen) atoms. The highest BCUT2D eigenvalue weighted by Gasteiger charge is 2.44. The molecule has 0 bridgehead atoms. The van der Waals surface area contributed by atoms with Crippen LogP contribution in [0.3, 0.4) is 0 Å². The Labute approximate surface area is 111 Å². The van der Waals surface area contributed by atoms with Gasteiger partial charge in [-0.2, -0.15) is 13.2 Å². The summed E-state index contributed by atoms with van der Waals surface area (Å²) in [4.78, 5) is 12.7. The number of carbonyl (C=O) groups is 1. The van der Waals surface area contributed by atoms with Gasteiger partial charge in [-0.05, 0) is 25.3 Å². The Kier molecular flexibility index (Phi) is 5.24. The van der Waals surface area contributed by atoms with Crippen LogP contribution in [-0.4, -0.2) is 41.8 Å². The molecule has 112 valence electrons. The number of carboxylic acid groups (broad SMARTS) is 1. The molecule has 0 aromatic carbocycles. The number of halogens is 3. The molecule has 0 aliphatic heterocycles. The lowest BCUT2D eigenvalue weighted by Gasteiger charge is -2.40. The van der Waals surface area contributed by atoms with E-state index in [0.29, 0.717) is 12.8 Å². The molecule has 1 fully saturated rings. The third-order valence-electron chi connectivity index (χ3n) is 3.92. The fourth-order valence-electron chi connectivity index (χ4n) is 3.03. The van der Waals surface area contributed by atoms with Crippen LogP contribution < -0.4 is 0 Å². The zero-order valence-electron chi connectivity index (χ0n) is 11.5. The van der Waals surface area contributed by atoms with E-state index in [4.69, 9.17) is 0 Å². The average Bonchev–Trinajstić information content (AvgIpc) is 2.26. The summed E-state index contributed by atoms with van der Waals surface area (Å²) in [7, 11) is 0. The topological polar surface area (TPSA) is 40.5 Å². The molecular weight excluding hydrogens is 259 g/mol. The fourth-order valence-corrected chi connectivity index (χ4v) is 3.03. The molecule has 0 amide bonds. The Morgan fingerprint density at radius 1 is 1.47 bits per heavy atom. The Morgan fingerprint density at radius 2 is 2.11 bits per heavy atom. The second-order valence-corrected chi connectivity index (χ2v) is 5.71. The van der Waals surface area contributed by atoms with Crippen LogP contribution in [0.5, 0.6) is 0 Å². The lowest BCUT2D eigenvalue weighted by Crippen LogP contribution is -2.48. The van der Waals surface area contributed by atoms with Crippen molar-refractivity contribution in [1.82, 2.24) is 4.90 Å². The normalized spacial score (nSPS) is 28.6. The van der Waals surface area contributed by atoms with Crippen molar-refractivity contribution in [2.75, 3.05) is 19.6 Å². The Hall–Kier alpha value is -0.780. The van der Waals surface area contributed by atoms with E-state index in [1.165, 1.54) is 4.90 Å². The van der Waals surface area contributed by atoms with Crippen LogP contribution in [0.1, 0.15) is 39.5 Å². The number of carboxylic acids is 1. The maximum Gasteiger partial charge on any atom is 0.401 e. The van der Waals surface area contributed by atoms with Crippen molar-refractivity contribution in [1.29, 1.82) is 0 Å². The first-order valence-electron chi connectivity index (χ1n) is 6.71. The maximum atomic E-state index is 12.5. The summed E-state index contributed by atoms with van der Waals surface area (Å²) in [6.45, 7) is 2.77. The number of hydrogen-bond donors (Lipinski definition) is 1. The lowest BCUT2D eigenvalue weighted by molar-refractivity contribution is -0.163. The standard InChI is InChI=1S/C13H22F3NO2/c1-3-17(9-13(14,15)16)8-12(11(18)19)6-4-5-10(2)7-12/h10H,3-9H2,1-2H3,(H,18,19). The van der Waals surface area contributed by atoms with Crippen LogP contribution in [0, 0.1) is 11.3 Å². The molecule has 1 N–H and O–H groups in total. The summed E-state index contributed by atoms with van der Waals surface area (Å²) in [5.41, 5.74) is -1.01. The monoisotopic (exact) mass is 281 g/mol. The van der Waals surface area contributed by atoms with E-state index < -0.39 is 24.1 Å². The minimum atomic E-state index is -4.28. The van der Waals surface area contributed by atoms with Crippen molar-refractivity contribution in [3.63, 3.8) is 0 Å². The zero-order chi connectivity index (χ0) is 14.7. The average molecular weight is 281 g/mol. The smallest absolute Gasteiger partial charge is 0.401 e. The van der Waals surface area contributed by atoms with Gasteiger partial charge < -0.3 is 5.11 Å². The SMILES string of the molecule is CCN(CC(F)(F)F)CC1(C(=O)O)CCCC(C)C1. The van der Waals surface area contributed by atoms with Gasteiger partial charge in [-0.3, -0.25) is 9.69 Å². The first kappa shape index (κ1) is 16.3. The molecule has 2 atom stereocenters. The second-order valence-electron chi connectivity index (χ2n) is 5.71. The van der Waals surface area contributed by atoms with E-state index >= 15 is 0 Å². The summed E-state index contributed by atoms with van der Waals surface area (Å²) < 4.78 is 37.4. The molecule has 6 heteroatoms. The largest absolute Gasteiger partial charge is 0.481 e. The van der Waals surface area contributed by atoms with Crippen molar-refractivity contribution in [3.8, 4) is 0 Å². The molecule has 0 spiro atoms. The number of hydrogen-bond acceptors (Lipinski definition) is 2. The third kappa shape index (κ3) is 4.67. The van der Waals surface area contributed by atoms with E-state index in [1.54, 1.807) is 6.92 Å². The number of rotatable bonds is 5. The van der Waals surface area contributed by atoms with Crippen LogP contribution in [0.25, 0.3) is 0 Å². The number of nitrogens with zero attached hydrogens (tertiary/aromatic N) is 1. The predicted octanol–water partition coefficient (Wildman–Crippen LogP) is 3.15. The van der Waals surface area contributed by atoms with Gasteiger partial charge in [0.1, 0.15) is 0 Å². The number of alkyl halides is 3. The molecule has 0 aromatic heterocycles. The molecule has 1 rings (SSSR count). The molecule has 0 radical (unpaired) electrons. The molecule has 3 nitrogen and oxygen atoms in total. The Morgan fingerprint density at radius 3 is 2.53 bits per heavy atom. The van der Waals surface area contributed by atoms with Gasteiger partial charge in [0.15, 0.2) is 0 Å². The quantitative estimate of drug-likeness (QED) is 0.841. The van der Waals surface area contributed by atoms with Gasteiger partial charge in [0.2, 0.25) is 0 Å². The lowest BCUT2D eigenvalue weighted by atomic mass is 9.69. The third-order valence-corrected chi connectivity index (χ3v) is 3.92. The summed E-state index contributed by atoms with van der Waals surface area (Å²) in [5, 5.41) is 9.44. The highest BCUT2D eigenvalue weighted by molar-refractivity contribution is 5.75. The van der Waals surface area contributed by atoms with Gasteiger partial charge in [0.25, 0.3) is 0 Å². The van der Waals surface area contributed by atoms with E-state index in [9.17, 15) is 23.1 Å². The zero-order valence-corrected chi connectivity index (χ0v) is 11.5. The highest BCUT2D eigenvalue weighted by Crippen LogP contribution is 2.40. The first-order chi connectivity index (χ1) is 8.68. The highest BCUT2D eigenvalue weighted by atomic mass is 19.4. The molecule has 0 aromatic rings. The molecule has 1 saturated carbocycles. The summed E-state index contributed by atoms with van der Waals surface area (Å²) in [6, 6.07) is 0. The van der Waals surface area contributed by atoms with Gasteiger partial charge in [-0.1, -0.05) is 26.7 Å². The number of aliphatic carboxylic acids is 1. The van der Waals surface area contributed by atoms with Crippen molar-refractivity contribution >= 4 is 5.97 Å². The van der Waals surface area contributed by atoms with Gasteiger partial charge in [-0.25, -0.2) is 0 Å². The minimum absolute atomic E-state index is 0.0112. The van der Waals surface area contributed by atoms with Gasteiger partial charge in [0, 0.05) is 6.54 Å². The molecular formula is C13H22F3NO2.